The molecule has 70 valence electrons. The SMILES string of the molecule is CC(C)CC(N)c1ncn[nH]1.Cl. The minimum absolute atomic E-state index is 0. The van der Waals surface area contributed by atoms with E-state index in [0.717, 1.165) is 12.2 Å². The molecule has 0 saturated heterocycles. The van der Waals surface area contributed by atoms with Crippen LogP contribution in [0.2, 0.25) is 0 Å². The van der Waals surface area contributed by atoms with Gasteiger partial charge in [-0.05, 0) is 12.3 Å². The molecule has 1 rings (SSSR count). The van der Waals surface area contributed by atoms with Crippen molar-refractivity contribution >= 4 is 12.4 Å². The summed E-state index contributed by atoms with van der Waals surface area (Å²) in [5.74, 6) is 1.37. The van der Waals surface area contributed by atoms with Crippen molar-refractivity contribution in [2.45, 2.75) is 26.3 Å². The minimum Gasteiger partial charge on any atom is -0.321 e. The van der Waals surface area contributed by atoms with Crippen molar-refractivity contribution in [3.63, 3.8) is 0 Å². The first-order valence-electron chi connectivity index (χ1n) is 3.81. The number of nitrogens with two attached hydrogens (primary N) is 1. The number of rotatable bonds is 3. The maximum Gasteiger partial charge on any atom is 0.141 e. The van der Waals surface area contributed by atoms with Crippen LogP contribution in [0.1, 0.15) is 32.1 Å². The zero-order chi connectivity index (χ0) is 8.27. The average molecular weight is 191 g/mol. The molecule has 0 aliphatic carbocycles. The van der Waals surface area contributed by atoms with Crippen LogP contribution in [0.3, 0.4) is 0 Å². The molecule has 1 heterocycles. The highest BCUT2D eigenvalue weighted by molar-refractivity contribution is 5.85. The second-order valence-corrected chi connectivity index (χ2v) is 3.11. The van der Waals surface area contributed by atoms with E-state index >= 15 is 0 Å². The van der Waals surface area contributed by atoms with Crippen LogP contribution < -0.4 is 5.73 Å². The molecule has 0 saturated carbocycles. The Bertz CT molecular complexity index is 197. The second kappa shape index (κ2) is 5.11. The molecule has 0 spiro atoms. The average Bonchev–Trinajstić information content (AvgIpc) is 2.35. The van der Waals surface area contributed by atoms with Crippen LogP contribution in [0.5, 0.6) is 0 Å². The van der Waals surface area contributed by atoms with Gasteiger partial charge in [0.1, 0.15) is 12.2 Å². The molecule has 4 nitrogen and oxygen atoms in total. The summed E-state index contributed by atoms with van der Waals surface area (Å²) < 4.78 is 0. The Morgan fingerprint density at radius 2 is 2.25 bits per heavy atom. The number of halogens is 1. The number of nitrogens with one attached hydrogen (secondary N) is 1. The lowest BCUT2D eigenvalue weighted by atomic mass is 10.0. The van der Waals surface area contributed by atoms with Gasteiger partial charge in [0.05, 0.1) is 6.04 Å². The molecule has 0 aliphatic rings. The molecule has 0 aromatic carbocycles. The molecule has 3 N–H and O–H groups in total. The number of nitrogens with zero attached hydrogens (tertiary/aromatic N) is 2. The van der Waals surface area contributed by atoms with Gasteiger partial charge in [0, 0.05) is 0 Å². The van der Waals surface area contributed by atoms with Crippen LogP contribution in [-0.2, 0) is 0 Å². The van der Waals surface area contributed by atoms with Crippen molar-refractivity contribution in [3.8, 4) is 0 Å². The maximum absolute atomic E-state index is 5.81. The third-order valence-electron chi connectivity index (χ3n) is 1.51. The van der Waals surface area contributed by atoms with Gasteiger partial charge in [-0.1, -0.05) is 13.8 Å². The Kier molecular flexibility index (Phi) is 4.85. The lowest BCUT2D eigenvalue weighted by Gasteiger charge is -2.09. The van der Waals surface area contributed by atoms with Gasteiger partial charge in [-0.2, -0.15) is 5.10 Å². The van der Waals surface area contributed by atoms with Crippen molar-refractivity contribution in [1.82, 2.24) is 15.2 Å². The van der Waals surface area contributed by atoms with Gasteiger partial charge in [-0.25, -0.2) is 4.98 Å². The molecular weight excluding hydrogens is 176 g/mol. The standard InChI is InChI=1S/C7H14N4.ClH/c1-5(2)3-6(8)7-9-4-10-11-7;/h4-6H,3,8H2,1-2H3,(H,9,10,11);1H. The first-order chi connectivity index (χ1) is 5.20. The minimum atomic E-state index is -0.00231. The summed E-state index contributed by atoms with van der Waals surface area (Å²) in [6.07, 6.45) is 2.42. The van der Waals surface area contributed by atoms with E-state index in [2.05, 4.69) is 29.0 Å². The zero-order valence-corrected chi connectivity index (χ0v) is 8.14. The number of aromatic nitrogens is 3. The molecule has 1 unspecified atom stereocenters. The van der Waals surface area contributed by atoms with Crippen LogP contribution in [0.4, 0.5) is 0 Å². The number of hydrogen-bond acceptors (Lipinski definition) is 3. The monoisotopic (exact) mass is 190 g/mol. The van der Waals surface area contributed by atoms with Crippen molar-refractivity contribution in [3.05, 3.63) is 12.2 Å². The smallest absolute Gasteiger partial charge is 0.141 e. The van der Waals surface area contributed by atoms with Gasteiger partial charge >= 0.3 is 0 Å². The van der Waals surface area contributed by atoms with Gasteiger partial charge in [-0.3, -0.25) is 5.10 Å². The summed E-state index contributed by atoms with van der Waals surface area (Å²) in [6.45, 7) is 4.27. The molecule has 1 aromatic heterocycles. The normalized spacial score (nSPS) is 12.7. The fraction of sp³-hybridized carbons (Fsp3) is 0.714. The quantitative estimate of drug-likeness (QED) is 0.755. The van der Waals surface area contributed by atoms with E-state index in [0.29, 0.717) is 5.92 Å². The largest absolute Gasteiger partial charge is 0.321 e. The fourth-order valence-corrected chi connectivity index (χ4v) is 1.01. The van der Waals surface area contributed by atoms with E-state index in [4.69, 9.17) is 5.73 Å². The summed E-state index contributed by atoms with van der Waals surface area (Å²) in [5, 5.41) is 6.49. The van der Waals surface area contributed by atoms with Gasteiger partial charge in [0.15, 0.2) is 0 Å². The Balaban J connectivity index is 0.00000121. The van der Waals surface area contributed by atoms with Gasteiger partial charge in [0.2, 0.25) is 0 Å². The molecular formula is C7H15ClN4. The lowest BCUT2D eigenvalue weighted by Crippen LogP contribution is -2.14. The Morgan fingerprint density at radius 1 is 1.58 bits per heavy atom. The summed E-state index contributed by atoms with van der Waals surface area (Å²) in [5.41, 5.74) is 5.81. The summed E-state index contributed by atoms with van der Waals surface area (Å²) in [4.78, 5) is 3.98. The molecule has 12 heavy (non-hydrogen) atoms. The number of H-pyrrole nitrogens is 1. The summed E-state index contributed by atoms with van der Waals surface area (Å²) >= 11 is 0. The first kappa shape index (κ1) is 11.4. The highest BCUT2D eigenvalue weighted by atomic mass is 35.5. The van der Waals surface area contributed by atoms with Gasteiger partial charge < -0.3 is 5.73 Å². The molecule has 1 aromatic rings. The Morgan fingerprint density at radius 3 is 2.67 bits per heavy atom. The molecule has 0 fully saturated rings. The highest BCUT2D eigenvalue weighted by Gasteiger charge is 2.09. The van der Waals surface area contributed by atoms with Crippen molar-refractivity contribution in [1.29, 1.82) is 0 Å². The number of hydrogen-bond donors (Lipinski definition) is 2. The van der Waals surface area contributed by atoms with Crippen LogP contribution in [0, 0.1) is 5.92 Å². The first-order valence-corrected chi connectivity index (χ1v) is 3.81. The predicted molar refractivity (Wildman–Crippen MR) is 50.0 cm³/mol. The molecule has 5 heteroatoms. The van der Waals surface area contributed by atoms with Crippen molar-refractivity contribution in [2.24, 2.45) is 11.7 Å². The topological polar surface area (TPSA) is 67.6 Å². The highest BCUT2D eigenvalue weighted by Crippen LogP contribution is 2.13. The fourth-order valence-electron chi connectivity index (χ4n) is 1.01. The predicted octanol–water partition coefficient (Wildman–Crippen LogP) is 1.27. The molecule has 0 amide bonds. The third-order valence-corrected chi connectivity index (χ3v) is 1.51. The molecule has 0 bridgehead atoms. The summed E-state index contributed by atoms with van der Waals surface area (Å²) in [7, 11) is 0. The van der Waals surface area contributed by atoms with E-state index in [9.17, 15) is 0 Å². The second-order valence-electron chi connectivity index (χ2n) is 3.11. The van der Waals surface area contributed by atoms with Crippen molar-refractivity contribution in [2.75, 3.05) is 0 Å². The van der Waals surface area contributed by atoms with Gasteiger partial charge in [-0.15, -0.1) is 12.4 Å². The van der Waals surface area contributed by atoms with E-state index in [1.165, 1.54) is 6.33 Å². The zero-order valence-electron chi connectivity index (χ0n) is 7.32. The van der Waals surface area contributed by atoms with E-state index < -0.39 is 0 Å². The van der Waals surface area contributed by atoms with Gasteiger partial charge in [0.25, 0.3) is 0 Å². The lowest BCUT2D eigenvalue weighted by molar-refractivity contribution is 0.494. The van der Waals surface area contributed by atoms with Crippen LogP contribution in [-0.4, -0.2) is 15.2 Å². The van der Waals surface area contributed by atoms with Crippen LogP contribution in [0.15, 0.2) is 6.33 Å². The molecule has 0 radical (unpaired) electrons. The third kappa shape index (κ3) is 3.19. The molecule has 1 atom stereocenters. The van der Waals surface area contributed by atoms with Crippen LogP contribution in [0.25, 0.3) is 0 Å². The van der Waals surface area contributed by atoms with E-state index in [1.807, 2.05) is 0 Å². The van der Waals surface area contributed by atoms with Crippen molar-refractivity contribution < 1.29 is 0 Å². The van der Waals surface area contributed by atoms with E-state index in [1.54, 1.807) is 0 Å². The number of aromatic amines is 1. The molecule has 0 aliphatic heterocycles. The Labute approximate surface area is 78.4 Å². The maximum atomic E-state index is 5.81. The Hall–Kier alpha value is -0.610. The summed E-state index contributed by atoms with van der Waals surface area (Å²) in [6, 6.07) is -0.00231. The van der Waals surface area contributed by atoms with Crippen LogP contribution >= 0.6 is 12.4 Å². The van der Waals surface area contributed by atoms with E-state index in [-0.39, 0.29) is 18.4 Å².